The zero-order valence-corrected chi connectivity index (χ0v) is 16.2. The summed E-state index contributed by atoms with van der Waals surface area (Å²) < 4.78 is 5.92. The number of aromatic nitrogens is 2. The Bertz CT molecular complexity index is 1030. The second kappa shape index (κ2) is 7.55. The molecule has 2 N–H and O–H groups in total. The maximum absolute atomic E-state index is 12.5. The molecule has 30 heavy (non-hydrogen) atoms. The van der Waals surface area contributed by atoms with E-state index in [1.165, 1.54) is 0 Å². The number of urea groups is 1. The Morgan fingerprint density at radius 3 is 2.57 bits per heavy atom. The van der Waals surface area contributed by atoms with E-state index < -0.39 is 0 Å². The number of nitrogens with zero attached hydrogens (tertiary/aromatic N) is 3. The van der Waals surface area contributed by atoms with Gasteiger partial charge in [-0.05, 0) is 53.6 Å². The minimum Gasteiger partial charge on any atom is -0.487 e. The third-order valence-electron chi connectivity index (χ3n) is 5.39. The predicted molar refractivity (Wildman–Crippen MR) is 110 cm³/mol. The van der Waals surface area contributed by atoms with Gasteiger partial charge in [-0.25, -0.2) is 4.79 Å². The average Bonchev–Trinajstić information content (AvgIpc) is 3.41. The lowest BCUT2D eigenvalue weighted by Crippen LogP contribution is -2.56. The SMILES string of the molecule is O=C(Nc1ccc(OC2CN(C(=O)c3ccc[nH]3)C2)cc1)N1Cc2ccncc2C1. The number of hydrogen-bond donors (Lipinski definition) is 2. The number of fused-ring (bicyclic) bond motifs is 1. The van der Waals surface area contributed by atoms with Crippen LogP contribution in [0.15, 0.2) is 61.1 Å². The fourth-order valence-corrected chi connectivity index (χ4v) is 3.69. The lowest BCUT2D eigenvalue weighted by molar-refractivity contribution is 0.0174. The smallest absolute Gasteiger partial charge is 0.322 e. The first-order chi connectivity index (χ1) is 14.7. The van der Waals surface area contributed by atoms with Crippen LogP contribution < -0.4 is 10.1 Å². The molecule has 8 nitrogen and oxygen atoms in total. The summed E-state index contributed by atoms with van der Waals surface area (Å²) in [5, 5.41) is 2.92. The number of nitrogens with one attached hydrogen (secondary N) is 2. The quantitative estimate of drug-likeness (QED) is 0.701. The van der Waals surface area contributed by atoms with E-state index >= 15 is 0 Å². The highest BCUT2D eigenvalue weighted by Gasteiger charge is 2.33. The summed E-state index contributed by atoms with van der Waals surface area (Å²) in [6.07, 6.45) is 5.26. The van der Waals surface area contributed by atoms with Gasteiger partial charge in [-0.15, -0.1) is 0 Å². The lowest BCUT2D eigenvalue weighted by Gasteiger charge is -2.38. The van der Waals surface area contributed by atoms with Crippen molar-refractivity contribution >= 4 is 17.6 Å². The molecule has 0 spiro atoms. The summed E-state index contributed by atoms with van der Waals surface area (Å²) in [5.74, 6) is 0.697. The second-order valence-electron chi connectivity index (χ2n) is 7.49. The monoisotopic (exact) mass is 403 g/mol. The number of carbonyl (C=O) groups excluding carboxylic acids is 2. The number of aromatic amines is 1. The molecule has 0 saturated carbocycles. The number of hydrogen-bond acceptors (Lipinski definition) is 4. The van der Waals surface area contributed by atoms with Crippen molar-refractivity contribution < 1.29 is 14.3 Å². The molecule has 4 heterocycles. The van der Waals surface area contributed by atoms with Gasteiger partial charge in [-0.1, -0.05) is 0 Å². The van der Waals surface area contributed by atoms with Crippen molar-refractivity contribution in [3.8, 4) is 5.75 Å². The van der Waals surface area contributed by atoms with Crippen LogP contribution in [0.1, 0.15) is 21.6 Å². The number of ether oxygens (including phenoxy) is 1. The molecule has 0 radical (unpaired) electrons. The normalized spacial score (nSPS) is 15.5. The first-order valence-corrected chi connectivity index (χ1v) is 9.83. The van der Waals surface area contributed by atoms with Gasteiger partial charge in [0.15, 0.2) is 0 Å². The number of pyridine rings is 1. The second-order valence-corrected chi connectivity index (χ2v) is 7.49. The van der Waals surface area contributed by atoms with Crippen molar-refractivity contribution in [3.63, 3.8) is 0 Å². The van der Waals surface area contributed by atoms with Gasteiger partial charge in [0, 0.05) is 37.4 Å². The van der Waals surface area contributed by atoms with Crippen LogP contribution in [0.25, 0.3) is 0 Å². The molecule has 0 unspecified atom stereocenters. The molecular formula is C22H21N5O3. The van der Waals surface area contributed by atoms with Crippen molar-refractivity contribution in [2.24, 2.45) is 0 Å². The van der Waals surface area contributed by atoms with E-state index in [2.05, 4.69) is 15.3 Å². The van der Waals surface area contributed by atoms with Crippen molar-refractivity contribution in [2.45, 2.75) is 19.2 Å². The molecule has 3 amide bonds. The molecule has 1 aromatic carbocycles. The highest BCUT2D eigenvalue weighted by atomic mass is 16.5. The topological polar surface area (TPSA) is 90.6 Å². The summed E-state index contributed by atoms with van der Waals surface area (Å²) in [6, 6.07) is 12.7. The Balaban J connectivity index is 1.11. The summed E-state index contributed by atoms with van der Waals surface area (Å²) in [7, 11) is 0. The van der Waals surface area contributed by atoms with Gasteiger partial charge in [-0.2, -0.15) is 0 Å². The fraction of sp³-hybridized carbons (Fsp3) is 0.227. The van der Waals surface area contributed by atoms with Crippen LogP contribution in [-0.4, -0.2) is 50.9 Å². The highest BCUT2D eigenvalue weighted by Crippen LogP contribution is 2.24. The third-order valence-corrected chi connectivity index (χ3v) is 5.39. The number of benzene rings is 1. The average molecular weight is 403 g/mol. The first kappa shape index (κ1) is 18.2. The number of anilines is 1. The van der Waals surface area contributed by atoms with Crippen LogP contribution in [-0.2, 0) is 13.1 Å². The molecular weight excluding hydrogens is 382 g/mol. The number of rotatable bonds is 4. The fourth-order valence-electron chi connectivity index (χ4n) is 3.69. The summed E-state index contributed by atoms with van der Waals surface area (Å²) >= 11 is 0. The van der Waals surface area contributed by atoms with Crippen LogP contribution in [0.4, 0.5) is 10.5 Å². The zero-order valence-electron chi connectivity index (χ0n) is 16.2. The standard InChI is InChI=1S/C22H21N5O3/c28-21(20-2-1-8-24-20)26-13-19(14-26)30-18-5-3-17(4-6-18)25-22(29)27-11-15-7-9-23-10-16(15)12-27/h1-10,19,24H,11-14H2,(H,25,29). The van der Waals surface area contributed by atoms with Crippen molar-refractivity contribution in [2.75, 3.05) is 18.4 Å². The maximum Gasteiger partial charge on any atom is 0.322 e. The molecule has 1 saturated heterocycles. The molecule has 0 bridgehead atoms. The van der Waals surface area contributed by atoms with Gasteiger partial charge >= 0.3 is 6.03 Å². The van der Waals surface area contributed by atoms with Gasteiger partial charge in [-0.3, -0.25) is 9.78 Å². The Morgan fingerprint density at radius 2 is 1.83 bits per heavy atom. The van der Waals surface area contributed by atoms with Crippen molar-refractivity contribution in [3.05, 3.63) is 77.9 Å². The number of H-pyrrole nitrogens is 1. The largest absolute Gasteiger partial charge is 0.487 e. The molecule has 152 valence electrons. The van der Waals surface area contributed by atoms with Gasteiger partial charge < -0.3 is 24.8 Å². The van der Waals surface area contributed by atoms with Gasteiger partial charge in [0.25, 0.3) is 5.91 Å². The van der Waals surface area contributed by atoms with Gasteiger partial charge in [0.2, 0.25) is 0 Å². The predicted octanol–water partition coefficient (Wildman–Crippen LogP) is 2.86. The Morgan fingerprint density at radius 1 is 1.03 bits per heavy atom. The Labute approximate surface area is 173 Å². The molecule has 3 aromatic rings. The van der Waals surface area contributed by atoms with E-state index in [0.717, 1.165) is 11.1 Å². The summed E-state index contributed by atoms with van der Waals surface area (Å²) in [6.45, 7) is 2.27. The van der Waals surface area contributed by atoms with Crippen LogP contribution in [0.3, 0.4) is 0 Å². The number of likely N-dealkylation sites (tertiary alicyclic amines) is 1. The molecule has 1 fully saturated rings. The Hall–Kier alpha value is -3.81. The minimum atomic E-state index is -0.141. The van der Waals surface area contributed by atoms with E-state index in [4.69, 9.17) is 4.74 Å². The lowest BCUT2D eigenvalue weighted by atomic mass is 10.1. The van der Waals surface area contributed by atoms with E-state index in [-0.39, 0.29) is 18.0 Å². The van der Waals surface area contributed by atoms with Crippen molar-refractivity contribution in [1.29, 1.82) is 0 Å². The Kier molecular flexibility index (Phi) is 4.59. The molecule has 2 aromatic heterocycles. The third kappa shape index (κ3) is 3.59. The highest BCUT2D eigenvalue weighted by molar-refractivity contribution is 5.93. The summed E-state index contributed by atoms with van der Waals surface area (Å²) in [4.78, 5) is 35.3. The van der Waals surface area contributed by atoms with E-state index in [1.54, 1.807) is 34.3 Å². The van der Waals surface area contributed by atoms with E-state index in [1.807, 2.05) is 36.5 Å². The van der Waals surface area contributed by atoms with E-state index in [0.29, 0.717) is 43.3 Å². The molecule has 2 aliphatic rings. The van der Waals surface area contributed by atoms with Gasteiger partial charge in [0.1, 0.15) is 17.5 Å². The van der Waals surface area contributed by atoms with Crippen LogP contribution >= 0.6 is 0 Å². The summed E-state index contributed by atoms with van der Waals surface area (Å²) in [5.41, 5.74) is 3.51. The molecule has 0 aliphatic carbocycles. The van der Waals surface area contributed by atoms with Crippen molar-refractivity contribution in [1.82, 2.24) is 19.8 Å². The van der Waals surface area contributed by atoms with E-state index in [9.17, 15) is 9.59 Å². The van der Waals surface area contributed by atoms with Crippen LogP contribution in [0.2, 0.25) is 0 Å². The zero-order chi connectivity index (χ0) is 20.5. The first-order valence-electron chi connectivity index (χ1n) is 9.83. The minimum absolute atomic E-state index is 0.0160. The number of carbonyl (C=O) groups is 2. The van der Waals surface area contributed by atoms with Crippen LogP contribution in [0.5, 0.6) is 5.75 Å². The molecule has 2 aliphatic heterocycles. The molecule has 8 heteroatoms. The van der Waals surface area contributed by atoms with Gasteiger partial charge in [0.05, 0.1) is 13.1 Å². The molecule has 0 atom stereocenters. The van der Waals surface area contributed by atoms with Crippen LogP contribution in [0, 0.1) is 0 Å². The molecule has 5 rings (SSSR count). The number of amides is 3. The maximum atomic E-state index is 12.5.